The van der Waals surface area contributed by atoms with E-state index in [-0.39, 0.29) is 5.60 Å². The maximum Gasteiger partial charge on any atom is 0.0707 e. The standard InChI is InChI=1S/C13H29NO2/c1-6-12(7-2)14-8-9-15-10-11-16-13(3,4)5/h12,14H,6-11H2,1-5H3. The summed E-state index contributed by atoms with van der Waals surface area (Å²) >= 11 is 0. The quantitative estimate of drug-likeness (QED) is 0.619. The maximum atomic E-state index is 5.55. The number of ether oxygens (including phenoxy) is 2. The van der Waals surface area contributed by atoms with E-state index in [1.54, 1.807) is 0 Å². The van der Waals surface area contributed by atoms with Crippen LogP contribution >= 0.6 is 0 Å². The molecule has 0 spiro atoms. The fourth-order valence-electron chi connectivity index (χ4n) is 1.42. The van der Waals surface area contributed by atoms with Crippen molar-refractivity contribution in [1.29, 1.82) is 0 Å². The number of nitrogens with one attached hydrogen (secondary N) is 1. The van der Waals surface area contributed by atoms with Crippen LogP contribution in [-0.2, 0) is 9.47 Å². The van der Waals surface area contributed by atoms with Gasteiger partial charge in [-0.2, -0.15) is 0 Å². The Labute approximate surface area is 101 Å². The first-order chi connectivity index (χ1) is 7.49. The van der Waals surface area contributed by atoms with Gasteiger partial charge in [-0.15, -0.1) is 0 Å². The minimum atomic E-state index is -0.0584. The van der Waals surface area contributed by atoms with E-state index in [0.29, 0.717) is 19.3 Å². The van der Waals surface area contributed by atoms with E-state index in [1.165, 1.54) is 12.8 Å². The van der Waals surface area contributed by atoms with Crippen LogP contribution in [0.1, 0.15) is 47.5 Å². The Balaban J connectivity index is 3.21. The van der Waals surface area contributed by atoms with Gasteiger partial charge in [-0.3, -0.25) is 0 Å². The summed E-state index contributed by atoms with van der Waals surface area (Å²) in [6, 6.07) is 0.634. The summed E-state index contributed by atoms with van der Waals surface area (Å²) < 4.78 is 11.0. The number of rotatable bonds is 9. The Bertz CT molecular complexity index is 151. The normalized spacial score (nSPS) is 12.4. The highest BCUT2D eigenvalue weighted by atomic mass is 16.5. The largest absolute Gasteiger partial charge is 0.378 e. The molecule has 0 aliphatic carbocycles. The van der Waals surface area contributed by atoms with Crippen molar-refractivity contribution >= 4 is 0 Å². The van der Waals surface area contributed by atoms with Crippen LogP contribution in [-0.4, -0.2) is 38.0 Å². The molecule has 0 heterocycles. The minimum absolute atomic E-state index is 0.0584. The smallest absolute Gasteiger partial charge is 0.0707 e. The van der Waals surface area contributed by atoms with Crippen LogP contribution in [0.2, 0.25) is 0 Å². The van der Waals surface area contributed by atoms with Gasteiger partial charge < -0.3 is 14.8 Å². The van der Waals surface area contributed by atoms with Crippen molar-refractivity contribution < 1.29 is 9.47 Å². The molecule has 0 fully saturated rings. The van der Waals surface area contributed by atoms with Gasteiger partial charge in [0.2, 0.25) is 0 Å². The van der Waals surface area contributed by atoms with E-state index in [0.717, 1.165) is 13.2 Å². The van der Waals surface area contributed by atoms with Gasteiger partial charge in [-0.05, 0) is 33.6 Å². The second-order valence-corrected chi connectivity index (χ2v) is 5.04. The Morgan fingerprint density at radius 1 is 1.00 bits per heavy atom. The van der Waals surface area contributed by atoms with Crippen LogP contribution in [0.4, 0.5) is 0 Å². The Morgan fingerprint density at radius 3 is 2.12 bits per heavy atom. The highest BCUT2D eigenvalue weighted by Crippen LogP contribution is 2.05. The first kappa shape index (κ1) is 15.9. The van der Waals surface area contributed by atoms with Crippen molar-refractivity contribution in [2.75, 3.05) is 26.4 Å². The summed E-state index contributed by atoms with van der Waals surface area (Å²) in [5.41, 5.74) is -0.0584. The molecule has 0 aromatic carbocycles. The summed E-state index contributed by atoms with van der Waals surface area (Å²) in [4.78, 5) is 0. The van der Waals surface area contributed by atoms with Gasteiger partial charge in [-0.1, -0.05) is 13.8 Å². The molecule has 1 N–H and O–H groups in total. The predicted octanol–water partition coefficient (Wildman–Crippen LogP) is 2.60. The van der Waals surface area contributed by atoms with Crippen molar-refractivity contribution in [3.8, 4) is 0 Å². The topological polar surface area (TPSA) is 30.5 Å². The molecule has 0 aromatic heterocycles. The first-order valence-electron chi connectivity index (χ1n) is 6.44. The molecule has 3 nitrogen and oxygen atoms in total. The zero-order valence-electron chi connectivity index (χ0n) is 11.6. The van der Waals surface area contributed by atoms with Crippen molar-refractivity contribution in [1.82, 2.24) is 5.32 Å². The summed E-state index contributed by atoms with van der Waals surface area (Å²) in [5, 5.41) is 3.46. The van der Waals surface area contributed by atoms with Crippen LogP contribution in [0.15, 0.2) is 0 Å². The number of hydrogen-bond acceptors (Lipinski definition) is 3. The lowest BCUT2D eigenvalue weighted by Gasteiger charge is -2.19. The summed E-state index contributed by atoms with van der Waals surface area (Å²) in [7, 11) is 0. The predicted molar refractivity (Wildman–Crippen MR) is 68.9 cm³/mol. The molecule has 0 aliphatic heterocycles. The summed E-state index contributed by atoms with van der Waals surface area (Å²) in [6.07, 6.45) is 2.37. The second-order valence-electron chi connectivity index (χ2n) is 5.04. The molecule has 3 heteroatoms. The highest BCUT2D eigenvalue weighted by Gasteiger charge is 2.08. The molecule has 0 bridgehead atoms. The van der Waals surface area contributed by atoms with Gasteiger partial charge in [0, 0.05) is 12.6 Å². The van der Waals surface area contributed by atoms with E-state index in [2.05, 4.69) is 39.9 Å². The van der Waals surface area contributed by atoms with Crippen molar-refractivity contribution in [2.24, 2.45) is 0 Å². The molecule has 0 unspecified atom stereocenters. The van der Waals surface area contributed by atoms with Crippen molar-refractivity contribution in [3.63, 3.8) is 0 Å². The molecule has 0 saturated carbocycles. The Hall–Kier alpha value is -0.120. The Morgan fingerprint density at radius 2 is 1.62 bits per heavy atom. The van der Waals surface area contributed by atoms with Crippen LogP contribution in [0, 0.1) is 0 Å². The molecule has 0 radical (unpaired) electrons. The van der Waals surface area contributed by atoms with Crippen molar-refractivity contribution in [2.45, 2.75) is 59.1 Å². The lowest BCUT2D eigenvalue weighted by molar-refractivity contribution is -0.0344. The molecule has 0 amide bonds. The van der Waals surface area contributed by atoms with Crippen LogP contribution in [0.3, 0.4) is 0 Å². The maximum absolute atomic E-state index is 5.55. The fourth-order valence-corrected chi connectivity index (χ4v) is 1.42. The zero-order chi connectivity index (χ0) is 12.4. The second kappa shape index (κ2) is 8.97. The van der Waals surface area contributed by atoms with Gasteiger partial charge in [0.25, 0.3) is 0 Å². The van der Waals surface area contributed by atoms with E-state index in [9.17, 15) is 0 Å². The molecule has 0 rings (SSSR count). The molecule has 0 aliphatic rings. The monoisotopic (exact) mass is 231 g/mol. The van der Waals surface area contributed by atoms with Crippen LogP contribution < -0.4 is 5.32 Å². The van der Waals surface area contributed by atoms with E-state index >= 15 is 0 Å². The summed E-state index contributed by atoms with van der Waals surface area (Å²) in [5.74, 6) is 0. The SMILES string of the molecule is CCC(CC)NCCOCCOC(C)(C)C. The molecule has 16 heavy (non-hydrogen) atoms. The molecule has 0 saturated heterocycles. The highest BCUT2D eigenvalue weighted by molar-refractivity contribution is 4.61. The lowest BCUT2D eigenvalue weighted by atomic mass is 10.2. The van der Waals surface area contributed by atoms with Crippen molar-refractivity contribution in [3.05, 3.63) is 0 Å². The number of hydrogen-bond donors (Lipinski definition) is 1. The molecule has 0 atom stereocenters. The minimum Gasteiger partial charge on any atom is -0.378 e. The zero-order valence-corrected chi connectivity index (χ0v) is 11.6. The van der Waals surface area contributed by atoms with Gasteiger partial charge in [0.1, 0.15) is 0 Å². The summed E-state index contributed by atoms with van der Waals surface area (Å²) in [6.45, 7) is 13.6. The Kier molecular flexibility index (Phi) is 8.90. The van der Waals surface area contributed by atoms with E-state index in [1.807, 2.05) is 0 Å². The average molecular weight is 231 g/mol. The van der Waals surface area contributed by atoms with Gasteiger partial charge in [0.05, 0.1) is 25.4 Å². The van der Waals surface area contributed by atoms with Crippen LogP contribution in [0.5, 0.6) is 0 Å². The molecular weight excluding hydrogens is 202 g/mol. The molecular formula is C13H29NO2. The first-order valence-corrected chi connectivity index (χ1v) is 6.44. The van der Waals surface area contributed by atoms with Crippen LogP contribution in [0.25, 0.3) is 0 Å². The van der Waals surface area contributed by atoms with Gasteiger partial charge in [0.15, 0.2) is 0 Å². The third-order valence-electron chi connectivity index (χ3n) is 2.43. The lowest BCUT2D eigenvalue weighted by Crippen LogP contribution is -2.31. The third-order valence-corrected chi connectivity index (χ3v) is 2.43. The molecule has 0 aromatic rings. The third kappa shape index (κ3) is 10.4. The van der Waals surface area contributed by atoms with Gasteiger partial charge in [-0.25, -0.2) is 0 Å². The fraction of sp³-hybridized carbons (Fsp3) is 1.00. The van der Waals surface area contributed by atoms with E-state index < -0.39 is 0 Å². The molecule has 98 valence electrons. The average Bonchev–Trinajstić information content (AvgIpc) is 2.21. The van der Waals surface area contributed by atoms with Gasteiger partial charge >= 0.3 is 0 Å². The van der Waals surface area contributed by atoms with E-state index in [4.69, 9.17) is 9.47 Å².